The Morgan fingerprint density at radius 1 is 0.667 bits per heavy atom. The zero-order chi connectivity index (χ0) is 21.7. The predicted octanol–water partition coefficient (Wildman–Crippen LogP) is 6.74. The number of carbonyl (C=O) groups excluding carboxylic acids is 2. The highest BCUT2D eigenvalue weighted by atomic mass is 35.5. The SMILES string of the molecule is O=C(Nc1cc(Cl)cc(Cl)c1)C(Cc1ccccc1)C(=O)Nc1cc(Cl)cc(Cl)c1. The smallest absolute Gasteiger partial charge is 0.237 e. The molecule has 0 atom stereocenters. The molecule has 0 heterocycles. The third kappa shape index (κ3) is 6.38. The Balaban J connectivity index is 1.85. The molecule has 0 aliphatic rings. The van der Waals surface area contributed by atoms with Crippen molar-refractivity contribution in [3.63, 3.8) is 0 Å². The molecule has 0 saturated carbocycles. The van der Waals surface area contributed by atoms with Crippen LogP contribution in [-0.4, -0.2) is 11.8 Å². The van der Waals surface area contributed by atoms with Gasteiger partial charge < -0.3 is 10.6 Å². The maximum Gasteiger partial charge on any atom is 0.237 e. The zero-order valence-electron chi connectivity index (χ0n) is 15.5. The van der Waals surface area contributed by atoms with E-state index in [1.807, 2.05) is 30.3 Å². The van der Waals surface area contributed by atoms with Gasteiger partial charge in [0.2, 0.25) is 11.8 Å². The molecule has 154 valence electrons. The summed E-state index contributed by atoms with van der Waals surface area (Å²) in [7, 11) is 0. The van der Waals surface area contributed by atoms with Crippen molar-refractivity contribution in [2.75, 3.05) is 10.6 Å². The van der Waals surface area contributed by atoms with Gasteiger partial charge in [-0.3, -0.25) is 9.59 Å². The second-order valence-corrected chi connectivity index (χ2v) is 8.28. The van der Waals surface area contributed by atoms with Crippen molar-refractivity contribution in [2.24, 2.45) is 5.92 Å². The Kier molecular flexibility index (Phi) is 7.62. The lowest BCUT2D eigenvalue weighted by molar-refractivity contribution is -0.129. The van der Waals surface area contributed by atoms with Crippen molar-refractivity contribution >= 4 is 69.6 Å². The van der Waals surface area contributed by atoms with Crippen LogP contribution in [0.5, 0.6) is 0 Å². The van der Waals surface area contributed by atoms with Gasteiger partial charge in [0.05, 0.1) is 0 Å². The molecule has 0 bridgehead atoms. The van der Waals surface area contributed by atoms with Crippen LogP contribution in [0.1, 0.15) is 5.56 Å². The quantitative estimate of drug-likeness (QED) is 0.383. The van der Waals surface area contributed by atoms with Crippen molar-refractivity contribution < 1.29 is 9.59 Å². The highest BCUT2D eigenvalue weighted by Crippen LogP contribution is 2.25. The van der Waals surface area contributed by atoms with Gasteiger partial charge in [-0.15, -0.1) is 0 Å². The third-order valence-corrected chi connectivity index (χ3v) is 5.05. The van der Waals surface area contributed by atoms with E-state index in [4.69, 9.17) is 46.4 Å². The monoisotopic (exact) mass is 480 g/mol. The van der Waals surface area contributed by atoms with Gasteiger partial charge in [-0.05, 0) is 48.4 Å². The third-order valence-electron chi connectivity index (χ3n) is 4.18. The highest BCUT2D eigenvalue weighted by Gasteiger charge is 2.27. The first-order valence-corrected chi connectivity index (χ1v) is 10.4. The topological polar surface area (TPSA) is 58.2 Å². The van der Waals surface area contributed by atoms with Crippen LogP contribution in [0.4, 0.5) is 11.4 Å². The molecule has 30 heavy (non-hydrogen) atoms. The van der Waals surface area contributed by atoms with Gasteiger partial charge in [-0.1, -0.05) is 76.7 Å². The second kappa shape index (κ2) is 10.2. The number of hydrogen-bond donors (Lipinski definition) is 2. The lowest BCUT2D eigenvalue weighted by atomic mass is 9.97. The molecule has 0 aromatic heterocycles. The lowest BCUT2D eigenvalue weighted by Gasteiger charge is -2.17. The van der Waals surface area contributed by atoms with Crippen LogP contribution >= 0.6 is 46.4 Å². The summed E-state index contributed by atoms with van der Waals surface area (Å²) in [6.07, 6.45) is 0.196. The molecule has 0 fully saturated rings. The Morgan fingerprint density at radius 2 is 1.07 bits per heavy atom. The Bertz CT molecular complexity index is 968. The Labute approximate surface area is 194 Å². The van der Waals surface area contributed by atoms with Crippen molar-refractivity contribution in [1.29, 1.82) is 0 Å². The summed E-state index contributed by atoms with van der Waals surface area (Å²) in [5, 5.41) is 6.91. The summed E-state index contributed by atoms with van der Waals surface area (Å²) >= 11 is 24.0. The minimum atomic E-state index is -1.03. The van der Waals surface area contributed by atoms with Gasteiger partial charge in [-0.2, -0.15) is 0 Å². The van der Waals surface area contributed by atoms with E-state index in [1.165, 1.54) is 0 Å². The molecule has 4 nitrogen and oxygen atoms in total. The van der Waals surface area contributed by atoms with Crippen molar-refractivity contribution in [2.45, 2.75) is 6.42 Å². The molecule has 0 saturated heterocycles. The second-order valence-electron chi connectivity index (χ2n) is 6.54. The largest absolute Gasteiger partial charge is 0.325 e. The molecular formula is C22H16Cl4N2O2. The molecule has 0 radical (unpaired) electrons. The van der Waals surface area contributed by atoms with E-state index in [0.717, 1.165) is 5.56 Å². The fourth-order valence-corrected chi connectivity index (χ4v) is 3.92. The molecule has 0 aliphatic heterocycles. The summed E-state index contributed by atoms with van der Waals surface area (Å²) < 4.78 is 0. The molecule has 0 unspecified atom stereocenters. The first-order chi connectivity index (χ1) is 14.3. The van der Waals surface area contributed by atoms with Crippen LogP contribution < -0.4 is 10.6 Å². The van der Waals surface area contributed by atoms with Crippen LogP contribution in [0.15, 0.2) is 66.7 Å². The molecule has 2 amide bonds. The average molecular weight is 482 g/mol. The molecule has 0 spiro atoms. The fraction of sp³-hybridized carbons (Fsp3) is 0.0909. The maximum absolute atomic E-state index is 13.0. The standard InChI is InChI=1S/C22H16Cl4N2O2/c23-14-7-15(24)10-18(9-14)27-21(29)20(6-13-4-2-1-3-5-13)22(30)28-19-11-16(25)8-17(26)12-19/h1-5,7-12,20H,6H2,(H,27,29)(H,28,30). The fourth-order valence-electron chi connectivity index (χ4n) is 2.87. The van der Waals surface area contributed by atoms with Crippen LogP contribution in [0.3, 0.4) is 0 Å². The number of benzene rings is 3. The first-order valence-electron chi connectivity index (χ1n) is 8.88. The highest BCUT2D eigenvalue weighted by molar-refractivity contribution is 6.35. The van der Waals surface area contributed by atoms with Crippen molar-refractivity contribution in [1.82, 2.24) is 0 Å². The van der Waals surface area contributed by atoms with E-state index in [0.29, 0.717) is 31.5 Å². The van der Waals surface area contributed by atoms with Crippen LogP contribution in [0.2, 0.25) is 20.1 Å². The van der Waals surface area contributed by atoms with Crippen molar-refractivity contribution in [3.8, 4) is 0 Å². The number of hydrogen-bond acceptors (Lipinski definition) is 2. The molecule has 3 rings (SSSR count). The summed E-state index contributed by atoms with van der Waals surface area (Å²) in [5.74, 6) is -2.02. The minimum Gasteiger partial charge on any atom is -0.325 e. The lowest BCUT2D eigenvalue weighted by Crippen LogP contribution is -2.35. The van der Waals surface area contributed by atoms with E-state index in [9.17, 15) is 9.59 Å². The van der Waals surface area contributed by atoms with E-state index in [2.05, 4.69) is 10.6 Å². The number of carbonyl (C=O) groups is 2. The zero-order valence-corrected chi connectivity index (χ0v) is 18.5. The molecule has 8 heteroatoms. The predicted molar refractivity (Wildman–Crippen MR) is 124 cm³/mol. The summed E-state index contributed by atoms with van der Waals surface area (Å²) in [4.78, 5) is 26.0. The summed E-state index contributed by atoms with van der Waals surface area (Å²) in [6.45, 7) is 0. The van der Waals surface area contributed by atoms with E-state index >= 15 is 0 Å². The average Bonchev–Trinajstić information content (AvgIpc) is 2.65. The summed E-state index contributed by atoms with van der Waals surface area (Å²) in [5.41, 5.74) is 1.63. The Hall–Kier alpha value is -2.24. The van der Waals surface area contributed by atoms with Crippen molar-refractivity contribution in [3.05, 3.63) is 92.4 Å². The molecular weight excluding hydrogens is 466 g/mol. The number of amides is 2. The van der Waals surface area contributed by atoms with Crippen LogP contribution in [0, 0.1) is 5.92 Å². The molecule has 2 N–H and O–H groups in total. The minimum absolute atomic E-state index is 0.196. The van der Waals surface area contributed by atoms with Crippen LogP contribution in [-0.2, 0) is 16.0 Å². The normalized spacial score (nSPS) is 10.7. The van der Waals surface area contributed by atoms with Gasteiger partial charge in [-0.25, -0.2) is 0 Å². The number of anilines is 2. The Morgan fingerprint density at radius 3 is 1.47 bits per heavy atom. The first kappa shape index (κ1) is 22.4. The van der Waals surface area contributed by atoms with Gasteiger partial charge in [0.1, 0.15) is 5.92 Å². The molecule has 0 aliphatic carbocycles. The van der Waals surface area contributed by atoms with Crippen LogP contribution in [0.25, 0.3) is 0 Å². The van der Waals surface area contributed by atoms with E-state index in [1.54, 1.807) is 36.4 Å². The van der Waals surface area contributed by atoms with Gasteiger partial charge in [0.25, 0.3) is 0 Å². The van der Waals surface area contributed by atoms with E-state index in [-0.39, 0.29) is 6.42 Å². The number of nitrogens with one attached hydrogen (secondary N) is 2. The van der Waals surface area contributed by atoms with Gasteiger partial charge >= 0.3 is 0 Å². The molecule has 3 aromatic carbocycles. The number of halogens is 4. The maximum atomic E-state index is 13.0. The van der Waals surface area contributed by atoms with Gasteiger partial charge in [0.15, 0.2) is 0 Å². The van der Waals surface area contributed by atoms with Gasteiger partial charge in [0, 0.05) is 31.5 Å². The summed E-state index contributed by atoms with van der Waals surface area (Å²) in [6, 6.07) is 18.6. The molecule has 3 aromatic rings. The van der Waals surface area contributed by atoms with E-state index < -0.39 is 17.7 Å². The number of rotatable bonds is 6.